The van der Waals surface area contributed by atoms with Gasteiger partial charge in [-0.2, -0.15) is 9.78 Å². The van der Waals surface area contributed by atoms with Crippen molar-refractivity contribution in [1.29, 1.82) is 0 Å². The minimum Gasteiger partial charge on any atom is -0.481 e. The number of benzene rings is 1. The van der Waals surface area contributed by atoms with Crippen molar-refractivity contribution in [3.63, 3.8) is 0 Å². The van der Waals surface area contributed by atoms with Crippen molar-refractivity contribution in [2.75, 3.05) is 0 Å². The molecule has 1 unspecified atom stereocenters. The Kier molecular flexibility index (Phi) is 5.02. The van der Waals surface area contributed by atoms with Gasteiger partial charge in [-0.05, 0) is 80.9 Å². The molecule has 1 saturated carbocycles. The third kappa shape index (κ3) is 3.39. The number of carbonyl (C=O) groups is 2. The van der Waals surface area contributed by atoms with Crippen LogP contribution in [-0.2, 0) is 17.6 Å². The summed E-state index contributed by atoms with van der Waals surface area (Å²) in [5, 5.41) is 14.6. The van der Waals surface area contributed by atoms with Crippen LogP contribution in [0.25, 0.3) is 5.57 Å². The van der Waals surface area contributed by atoms with Crippen molar-refractivity contribution in [2.24, 2.45) is 5.92 Å². The van der Waals surface area contributed by atoms with Gasteiger partial charge in [0.05, 0.1) is 27.9 Å². The number of hydrogen-bond donors (Lipinski definition) is 1. The van der Waals surface area contributed by atoms with Crippen LogP contribution in [0.5, 0.6) is 0 Å². The number of hydrogen-bond acceptors (Lipinski definition) is 3. The van der Waals surface area contributed by atoms with Crippen LogP contribution in [0.15, 0.2) is 24.3 Å². The number of nitrogens with zero attached hydrogens (tertiary/aromatic N) is 2. The molecule has 2 aromatic rings. The molecule has 1 N–H and O–H groups in total. The second kappa shape index (κ2) is 7.69. The van der Waals surface area contributed by atoms with Gasteiger partial charge in [0, 0.05) is 5.56 Å². The molecule has 3 aliphatic carbocycles. The van der Waals surface area contributed by atoms with Crippen LogP contribution in [0.3, 0.4) is 0 Å². The van der Waals surface area contributed by atoms with Crippen molar-refractivity contribution in [1.82, 2.24) is 9.78 Å². The van der Waals surface area contributed by atoms with E-state index in [4.69, 9.17) is 16.7 Å². The van der Waals surface area contributed by atoms with Gasteiger partial charge < -0.3 is 5.11 Å². The number of carboxylic acids is 1. The third-order valence-electron chi connectivity index (χ3n) is 6.71. The topological polar surface area (TPSA) is 72.2 Å². The molecular weight excluding hydrogens is 400 g/mol. The zero-order valence-electron chi connectivity index (χ0n) is 16.9. The number of aliphatic carboxylic acids is 1. The summed E-state index contributed by atoms with van der Waals surface area (Å²) in [7, 11) is 0. The smallest absolute Gasteiger partial charge is 0.306 e. The fourth-order valence-electron chi connectivity index (χ4n) is 4.91. The predicted molar refractivity (Wildman–Crippen MR) is 115 cm³/mol. The highest BCUT2D eigenvalue weighted by molar-refractivity contribution is 6.34. The van der Waals surface area contributed by atoms with Gasteiger partial charge in [-0.1, -0.05) is 29.8 Å². The Labute approximate surface area is 180 Å². The van der Waals surface area contributed by atoms with Crippen molar-refractivity contribution in [2.45, 2.75) is 63.7 Å². The molecule has 156 valence electrons. The number of aromatic nitrogens is 2. The first-order valence-corrected chi connectivity index (χ1v) is 11.3. The van der Waals surface area contributed by atoms with Crippen LogP contribution >= 0.6 is 11.6 Å². The molecule has 30 heavy (non-hydrogen) atoms. The van der Waals surface area contributed by atoms with Gasteiger partial charge in [0.15, 0.2) is 0 Å². The Morgan fingerprint density at radius 1 is 1.10 bits per heavy atom. The van der Waals surface area contributed by atoms with Crippen molar-refractivity contribution >= 4 is 29.1 Å². The lowest BCUT2D eigenvalue weighted by Gasteiger charge is -2.19. The van der Waals surface area contributed by atoms with Crippen LogP contribution in [0, 0.1) is 5.92 Å². The van der Waals surface area contributed by atoms with E-state index in [1.165, 1.54) is 0 Å². The number of rotatable bonds is 4. The van der Waals surface area contributed by atoms with E-state index in [1.54, 1.807) is 10.7 Å². The predicted octanol–water partition coefficient (Wildman–Crippen LogP) is 5.25. The van der Waals surface area contributed by atoms with Gasteiger partial charge in [0.2, 0.25) is 0 Å². The summed E-state index contributed by atoms with van der Waals surface area (Å²) in [6, 6.07) is 5.72. The van der Waals surface area contributed by atoms with Gasteiger partial charge in [-0.25, -0.2) is 0 Å². The van der Waals surface area contributed by atoms with E-state index in [-0.39, 0.29) is 11.8 Å². The highest BCUT2D eigenvalue weighted by Crippen LogP contribution is 2.43. The van der Waals surface area contributed by atoms with Crippen molar-refractivity contribution in [3.05, 3.63) is 57.4 Å². The molecule has 1 heterocycles. The van der Waals surface area contributed by atoms with Gasteiger partial charge in [0.1, 0.15) is 0 Å². The molecule has 0 aliphatic heterocycles. The lowest BCUT2D eigenvalue weighted by molar-refractivity contribution is -0.141. The maximum absolute atomic E-state index is 13.6. The van der Waals surface area contributed by atoms with E-state index in [1.807, 2.05) is 18.2 Å². The highest BCUT2D eigenvalue weighted by Gasteiger charge is 2.33. The summed E-state index contributed by atoms with van der Waals surface area (Å²) < 4.78 is 1.60. The number of fused-ring (bicyclic) bond motifs is 1. The minimum absolute atomic E-state index is 0.133. The average molecular weight is 425 g/mol. The molecule has 0 bridgehead atoms. The van der Waals surface area contributed by atoms with Gasteiger partial charge in [-0.3, -0.25) is 9.59 Å². The molecule has 0 amide bonds. The van der Waals surface area contributed by atoms with E-state index in [0.29, 0.717) is 35.8 Å². The number of allylic oxidation sites excluding steroid dienone is 2. The van der Waals surface area contributed by atoms with E-state index in [0.717, 1.165) is 66.6 Å². The standard InChI is InChI=1S/C24H25ClN2O3/c25-19-6-3-5-17(14-8-9-14)21(19)23(28)27-20-7-2-1-4-18(20)22(26-27)15-10-12-16(13-11-15)24(29)30/h3,5-6,10,14,16H,1-2,4,7-9,11-13H2,(H,29,30). The molecule has 1 fully saturated rings. The van der Waals surface area contributed by atoms with Crippen LogP contribution < -0.4 is 0 Å². The van der Waals surface area contributed by atoms with Crippen LogP contribution in [0.4, 0.5) is 0 Å². The molecule has 3 aliphatic rings. The Morgan fingerprint density at radius 2 is 1.90 bits per heavy atom. The van der Waals surface area contributed by atoms with Gasteiger partial charge in [0.25, 0.3) is 5.91 Å². The van der Waals surface area contributed by atoms with Crippen LogP contribution in [-0.4, -0.2) is 26.8 Å². The molecule has 1 aromatic heterocycles. The molecule has 0 saturated heterocycles. The van der Waals surface area contributed by atoms with Gasteiger partial charge in [-0.15, -0.1) is 0 Å². The summed E-state index contributed by atoms with van der Waals surface area (Å²) in [4.78, 5) is 24.9. The number of carbonyl (C=O) groups excluding carboxylic acids is 1. The zero-order chi connectivity index (χ0) is 20.8. The second-order valence-corrected chi connectivity index (χ2v) is 9.12. The maximum Gasteiger partial charge on any atom is 0.306 e. The number of carboxylic acid groups (broad SMARTS) is 1. The fourth-order valence-corrected chi connectivity index (χ4v) is 5.17. The van der Waals surface area contributed by atoms with E-state index < -0.39 is 5.97 Å². The zero-order valence-corrected chi connectivity index (χ0v) is 17.6. The second-order valence-electron chi connectivity index (χ2n) is 8.72. The number of halogens is 1. The molecule has 1 atom stereocenters. The quantitative estimate of drug-likeness (QED) is 0.727. The summed E-state index contributed by atoms with van der Waals surface area (Å²) in [5.74, 6) is -0.772. The van der Waals surface area contributed by atoms with Gasteiger partial charge >= 0.3 is 5.97 Å². The summed E-state index contributed by atoms with van der Waals surface area (Å²) in [5.41, 5.74) is 5.77. The summed E-state index contributed by atoms with van der Waals surface area (Å²) in [6.45, 7) is 0. The minimum atomic E-state index is -0.737. The highest BCUT2D eigenvalue weighted by atomic mass is 35.5. The molecule has 1 aromatic carbocycles. The molecule has 5 nitrogen and oxygen atoms in total. The molecule has 0 spiro atoms. The Balaban J connectivity index is 1.56. The van der Waals surface area contributed by atoms with E-state index in [2.05, 4.69) is 0 Å². The average Bonchev–Trinajstić information content (AvgIpc) is 3.53. The molecular formula is C24H25ClN2O3. The van der Waals surface area contributed by atoms with E-state index in [9.17, 15) is 14.7 Å². The lowest BCUT2D eigenvalue weighted by Crippen LogP contribution is -2.20. The fraction of sp³-hybridized carbons (Fsp3) is 0.458. The molecule has 5 rings (SSSR count). The van der Waals surface area contributed by atoms with Crippen molar-refractivity contribution in [3.8, 4) is 0 Å². The monoisotopic (exact) mass is 424 g/mol. The first-order chi connectivity index (χ1) is 14.5. The summed E-state index contributed by atoms with van der Waals surface area (Å²) in [6.07, 6.45) is 9.92. The SMILES string of the molecule is O=C(O)C1CC=C(c2nn(C(=O)c3c(Cl)cccc3C3CC3)c3c2CCCC3)CC1. The first-order valence-electron chi connectivity index (χ1n) is 10.9. The molecule has 6 heteroatoms. The largest absolute Gasteiger partial charge is 0.481 e. The normalized spacial score (nSPS) is 21.1. The Hall–Kier alpha value is -2.40. The molecule has 0 radical (unpaired) electrons. The van der Waals surface area contributed by atoms with Crippen LogP contribution in [0.2, 0.25) is 5.02 Å². The van der Waals surface area contributed by atoms with Crippen molar-refractivity contribution < 1.29 is 14.7 Å². The van der Waals surface area contributed by atoms with E-state index >= 15 is 0 Å². The Bertz CT molecular complexity index is 1060. The maximum atomic E-state index is 13.6. The Morgan fingerprint density at radius 3 is 2.60 bits per heavy atom. The summed E-state index contributed by atoms with van der Waals surface area (Å²) >= 11 is 6.50. The van der Waals surface area contributed by atoms with Crippen LogP contribution in [0.1, 0.15) is 83.7 Å². The first kappa shape index (κ1) is 19.6. The lowest BCUT2D eigenvalue weighted by atomic mass is 9.85. The third-order valence-corrected chi connectivity index (χ3v) is 7.03.